The van der Waals surface area contributed by atoms with Crippen LogP contribution in [0.1, 0.15) is 41.2 Å². The first-order valence-corrected chi connectivity index (χ1v) is 10.9. The summed E-state index contributed by atoms with van der Waals surface area (Å²) in [5.41, 5.74) is 2.16. The number of carbonyl (C=O) groups excluding carboxylic acids is 1. The van der Waals surface area contributed by atoms with E-state index in [0.717, 1.165) is 35.0 Å². The zero-order valence-corrected chi connectivity index (χ0v) is 16.6. The molecule has 6 nitrogen and oxygen atoms in total. The first-order valence-electron chi connectivity index (χ1n) is 8.92. The van der Waals surface area contributed by atoms with Gasteiger partial charge < -0.3 is 10.3 Å². The van der Waals surface area contributed by atoms with Gasteiger partial charge in [-0.2, -0.15) is 0 Å². The van der Waals surface area contributed by atoms with Gasteiger partial charge in [0.1, 0.15) is 10.7 Å². The second-order valence-corrected chi connectivity index (χ2v) is 8.68. The van der Waals surface area contributed by atoms with E-state index < -0.39 is 0 Å². The summed E-state index contributed by atoms with van der Waals surface area (Å²) in [5, 5.41) is 3.74. The standard InChI is InChI=1S/C19H20N4O2S2/c1-11(12-5-7-20-8-6-12)21-16(24)10-26-9-15-22-18(25)17-13-3-2-4-14(13)27-19(17)23-15/h5-8,11H,2-4,9-10H2,1H3,(H,21,24)(H,22,23,25). The lowest BCUT2D eigenvalue weighted by molar-refractivity contribution is -0.119. The Hall–Kier alpha value is -2.19. The maximum absolute atomic E-state index is 12.4. The van der Waals surface area contributed by atoms with Crippen LogP contribution in [0, 0.1) is 0 Å². The van der Waals surface area contributed by atoms with Crippen molar-refractivity contribution in [3.05, 3.63) is 56.7 Å². The fourth-order valence-corrected chi connectivity index (χ4v) is 5.36. The van der Waals surface area contributed by atoms with Crippen molar-refractivity contribution in [2.24, 2.45) is 0 Å². The SMILES string of the molecule is CC(NC(=O)CSCc1nc2sc3c(c2c(=O)[nH]1)CCC3)c1ccncc1. The van der Waals surface area contributed by atoms with Crippen LogP contribution in [0.5, 0.6) is 0 Å². The molecular formula is C19H20N4O2S2. The number of hydrogen-bond donors (Lipinski definition) is 2. The summed E-state index contributed by atoms with van der Waals surface area (Å²) in [6.07, 6.45) is 6.58. The van der Waals surface area contributed by atoms with Gasteiger partial charge in [0.15, 0.2) is 0 Å². The quantitative estimate of drug-likeness (QED) is 0.664. The van der Waals surface area contributed by atoms with Crippen molar-refractivity contribution in [3.8, 4) is 0 Å². The van der Waals surface area contributed by atoms with Gasteiger partial charge in [-0.05, 0) is 49.4 Å². The van der Waals surface area contributed by atoms with Crippen molar-refractivity contribution < 1.29 is 4.79 Å². The normalized spacial score (nSPS) is 14.3. The van der Waals surface area contributed by atoms with Crippen molar-refractivity contribution in [1.29, 1.82) is 0 Å². The largest absolute Gasteiger partial charge is 0.349 e. The minimum atomic E-state index is -0.0658. The van der Waals surface area contributed by atoms with E-state index in [1.807, 2.05) is 19.1 Å². The average molecular weight is 401 g/mol. The number of carbonyl (C=O) groups is 1. The molecule has 1 amide bonds. The predicted molar refractivity (Wildman–Crippen MR) is 109 cm³/mol. The Labute approximate surface area is 164 Å². The molecule has 0 aromatic carbocycles. The van der Waals surface area contributed by atoms with Crippen molar-refractivity contribution in [2.45, 2.75) is 38.0 Å². The van der Waals surface area contributed by atoms with E-state index in [2.05, 4.69) is 20.3 Å². The van der Waals surface area contributed by atoms with E-state index in [-0.39, 0.29) is 17.5 Å². The molecule has 3 heterocycles. The highest BCUT2D eigenvalue weighted by molar-refractivity contribution is 7.99. The highest BCUT2D eigenvalue weighted by Gasteiger charge is 2.21. The van der Waals surface area contributed by atoms with E-state index in [9.17, 15) is 9.59 Å². The third kappa shape index (κ3) is 3.91. The van der Waals surface area contributed by atoms with Gasteiger partial charge in [0.2, 0.25) is 5.91 Å². The van der Waals surface area contributed by atoms with Crippen molar-refractivity contribution in [2.75, 3.05) is 5.75 Å². The van der Waals surface area contributed by atoms with Gasteiger partial charge in [-0.3, -0.25) is 14.6 Å². The first-order chi connectivity index (χ1) is 13.1. The molecule has 0 spiro atoms. The monoisotopic (exact) mass is 400 g/mol. The van der Waals surface area contributed by atoms with Crippen molar-refractivity contribution >= 4 is 39.2 Å². The van der Waals surface area contributed by atoms with Crippen LogP contribution in [0.15, 0.2) is 29.3 Å². The zero-order chi connectivity index (χ0) is 18.8. The molecule has 1 aliphatic carbocycles. The van der Waals surface area contributed by atoms with E-state index >= 15 is 0 Å². The molecule has 3 aromatic heterocycles. The third-order valence-corrected chi connectivity index (χ3v) is 6.81. The Morgan fingerprint density at radius 3 is 3.00 bits per heavy atom. The molecule has 1 unspecified atom stereocenters. The molecule has 0 saturated heterocycles. The molecule has 3 aromatic rings. The highest BCUT2D eigenvalue weighted by Crippen LogP contribution is 2.34. The first kappa shape index (κ1) is 18.2. The van der Waals surface area contributed by atoms with Crippen LogP contribution in [0.3, 0.4) is 0 Å². The number of fused-ring (bicyclic) bond motifs is 3. The van der Waals surface area contributed by atoms with Gasteiger partial charge in [-0.25, -0.2) is 4.98 Å². The van der Waals surface area contributed by atoms with Gasteiger partial charge in [-0.1, -0.05) is 0 Å². The summed E-state index contributed by atoms with van der Waals surface area (Å²) in [6, 6.07) is 3.71. The molecule has 0 radical (unpaired) electrons. The zero-order valence-electron chi connectivity index (χ0n) is 14.9. The number of amides is 1. The maximum atomic E-state index is 12.4. The molecule has 0 aliphatic heterocycles. The highest BCUT2D eigenvalue weighted by atomic mass is 32.2. The predicted octanol–water partition coefficient (Wildman–Crippen LogP) is 2.98. The number of nitrogens with one attached hydrogen (secondary N) is 2. The molecule has 4 rings (SSSR count). The lowest BCUT2D eigenvalue weighted by atomic mass is 10.1. The van der Waals surface area contributed by atoms with Crippen molar-refractivity contribution in [3.63, 3.8) is 0 Å². The van der Waals surface area contributed by atoms with Gasteiger partial charge in [0, 0.05) is 17.3 Å². The van der Waals surface area contributed by atoms with Crippen molar-refractivity contribution in [1.82, 2.24) is 20.3 Å². The Kier molecular flexibility index (Phi) is 5.27. The summed E-state index contributed by atoms with van der Waals surface area (Å²) in [6.45, 7) is 1.95. The Morgan fingerprint density at radius 1 is 1.37 bits per heavy atom. The number of rotatable bonds is 6. The fraction of sp³-hybridized carbons (Fsp3) is 0.368. The summed E-state index contributed by atoms with van der Waals surface area (Å²) in [5.74, 6) is 1.42. The third-order valence-electron chi connectivity index (χ3n) is 4.68. The number of hydrogen-bond acceptors (Lipinski definition) is 6. The van der Waals surface area contributed by atoms with Crippen LogP contribution in [-0.4, -0.2) is 26.6 Å². The van der Waals surface area contributed by atoms with E-state index in [1.54, 1.807) is 23.7 Å². The molecule has 1 atom stereocenters. The number of thioether (sulfide) groups is 1. The molecule has 0 fully saturated rings. The minimum Gasteiger partial charge on any atom is -0.349 e. The number of aryl methyl sites for hydroxylation is 2. The molecule has 2 N–H and O–H groups in total. The van der Waals surface area contributed by atoms with Gasteiger partial charge in [-0.15, -0.1) is 23.1 Å². The van der Waals surface area contributed by atoms with Crippen LogP contribution in [0.4, 0.5) is 0 Å². The molecule has 1 aliphatic rings. The molecular weight excluding hydrogens is 380 g/mol. The van der Waals surface area contributed by atoms with Crippen LogP contribution in [0.2, 0.25) is 0 Å². The summed E-state index contributed by atoms with van der Waals surface area (Å²) in [4.78, 5) is 38.2. The fourth-order valence-electron chi connectivity index (χ4n) is 3.37. The second-order valence-electron chi connectivity index (χ2n) is 6.61. The number of pyridine rings is 1. The van der Waals surface area contributed by atoms with Gasteiger partial charge in [0.25, 0.3) is 5.56 Å². The second kappa shape index (κ2) is 7.82. The van der Waals surface area contributed by atoms with Crippen LogP contribution in [-0.2, 0) is 23.4 Å². The molecule has 0 bridgehead atoms. The molecule has 0 saturated carbocycles. The Bertz CT molecular complexity index is 1030. The number of aromatic amines is 1. The molecule has 27 heavy (non-hydrogen) atoms. The number of H-pyrrole nitrogens is 1. The lowest BCUT2D eigenvalue weighted by Gasteiger charge is -2.13. The smallest absolute Gasteiger partial charge is 0.259 e. The van der Waals surface area contributed by atoms with Crippen LogP contribution >= 0.6 is 23.1 Å². The van der Waals surface area contributed by atoms with E-state index in [0.29, 0.717) is 17.3 Å². The molecule has 8 heteroatoms. The summed E-state index contributed by atoms with van der Waals surface area (Å²) >= 11 is 3.08. The molecule has 140 valence electrons. The summed E-state index contributed by atoms with van der Waals surface area (Å²) < 4.78 is 0. The average Bonchev–Trinajstić information content (AvgIpc) is 3.23. The van der Waals surface area contributed by atoms with Gasteiger partial charge in [0.05, 0.1) is 22.9 Å². The number of aromatic nitrogens is 3. The Morgan fingerprint density at radius 2 is 2.19 bits per heavy atom. The Balaban J connectivity index is 1.35. The van der Waals surface area contributed by atoms with Crippen LogP contribution in [0.25, 0.3) is 10.2 Å². The maximum Gasteiger partial charge on any atom is 0.259 e. The number of thiophene rings is 1. The van der Waals surface area contributed by atoms with E-state index in [1.165, 1.54) is 22.2 Å². The minimum absolute atomic E-state index is 0.0390. The van der Waals surface area contributed by atoms with E-state index in [4.69, 9.17) is 0 Å². The lowest BCUT2D eigenvalue weighted by Crippen LogP contribution is -2.28. The summed E-state index contributed by atoms with van der Waals surface area (Å²) in [7, 11) is 0. The number of nitrogens with zero attached hydrogens (tertiary/aromatic N) is 2. The van der Waals surface area contributed by atoms with Crippen LogP contribution < -0.4 is 10.9 Å². The topological polar surface area (TPSA) is 87.7 Å². The van der Waals surface area contributed by atoms with Gasteiger partial charge >= 0.3 is 0 Å².